The number of methoxy groups -OCH3 is 2. The second-order valence-corrected chi connectivity index (χ2v) is 7.95. The van der Waals surface area contributed by atoms with Gasteiger partial charge in [-0.2, -0.15) is 11.8 Å². The van der Waals surface area contributed by atoms with E-state index in [1.807, 2.05) is 23.9 Å². The highest BCUT2D eigenvalue weighted by Gasteiger charge is 2.37. The topological polar surface area (TPSA) is 71.1 Å². The van der Waals surface area contributed by atoms with Gasteiger partial charge in [0.05, 0.1) is 19.9 Å². The number of nitrogens with one attached hydrogen (secondary N) is 1. The Morgan fingerprint density at radius 1 is 1.30 bits per heavy atom. The highest BCUT2D eigenvalue weighted by atomic mass is 32.2. The van der Waals surface area contributed by atoms with E-state index in [0.29, 0.717) is 30.9 Å². The van der Waals surface area contributed by atoms with E-state index >= 15 is 0 Å². The van der Waals surface area contributed by atoms with Crippen LogP contribution in [0, 0.1) is 0 Å². The number of benzene rings is 1. The first kappa shape index (κ1) is 19.8. The molecule has 0 saturated carbocycles. The quantitative estimate of drug-likeness (QED) is 0.787. The summed E-state index contributed by atoms with van der Waals surface area (Å²) in [5, 5.41) is 3.38. The van der Waals surface area contributed by atoms with E-state index in [0.717, 1.165) is 23.7 Å². The molecule has 0 aliphatic carbocycles. The summed E-state index contributed by atoms with van der Waals surface area (Å²) < 4.78 is 10.6. The molecular weight excluding hydrogens is 366 g/mol. The van der Waals surface area contributed by atoms with Gasteiger partial charge in [0.2, 0.25) is 11.8 Å². The lowest BCUT2D eigenvalue weighted by atomic mass is 10.1. The number of likely N-dealkylation sites (N-methyl/N-ethyl adjacent to an activating group) is 1. The zero-order chi connectivity index (χ0) is 19.4. The second kappa shape index (κ2) is 8.84. The lowest BCUT2D eigenvalue weighted by Gasteiger charge is -2.28. The van der Waals surface area contributed by atoms with E-state index in [2.05, 4.69) is 5.32 Å². The fraction of sp³-hybridized carbons (Fsp3) is 0.579. The second-order valence-electron chi connectivity index (χ2n) is 6.80. The average Bonchev–Trinajstić information content (AvgIpc) is 3.08. The molecule has 1 aromatic carbocycles. The zero-order valence-electron chi connectivity index (χ0n) is 16.1. The standard InChI is InChI=1S/C19H27N3O4S/c1-21(18(23)8-13-12-27-7-5-20-13)17-4-6-22(19(17)24)14-9-15(25-2)11-16(10-14)26-3/h9-11,13,17,20H,4-8,12H2,1-3H3. The van der Waals surface area contributed by atoms with Gasteiger partial charge in [0.1, 0.15) is 17.5 Å². The van der Waals surface area contributed by atoms with Crippen molar-refractivity contribution in [1.82, 2.24) is 10.2 Å². The molecule has 2 unspecified atom stereocenters. The summed E-state index contributed by atoms with van der Waals surface area (Å²) in [6, 6.07) is 5.16. The third-order valence-electron chi connectivity index (χ3n) is 5.11. The molecule has 2 saturated heterocycles. The maximum Gasteiger partial charge on any atom is 0.249 e. The number of ether oxygens (including phenoxy) is 2. The molecule has 7 nitrogen and oxygen atoms in total. The minimum atomic E-state index is -0.425. The number of anilines is 1. The van der Waals surface area contributed by atoms with Crippen LogP contribution >= 0.6 is 11.8 Å². The predicted molar refractivity (Wildman–Crippen MR) is 107 cm³/mol. The van der Waals surface area contributed by atoms with Crippen molar-refractivity contribution in [3.63, 3.8) is 0 Å². The molecule has 0 spiro atoms. The summed E-state index contributed by atoms with van der Waals surface area (Å²) in [7, 11) is 4.89. The van der Waals surface area contributed by atoms with E-state index in [4.69, 9.17) is 9.47 Å². The monoisotopic (exact) mass is 393 g/mol. The minimum Gasteiger partial charge on any atom is -0.497 e. The third-order valence-corrected chi connectivity index (χ3v) is 6.24. The number of nitrogens with zero attached hydrogens (tertiary/aromatic N) is 2. The van der Waals surface area contributed by atoms with Gasteiger partial charge in [-0.05, 0) is 6.42 Å². The van der Waals surface area contributed by atoms with Gasteiger partial charge in [0, 0.05) is 62.3 Å². The van der Waals surface area contributed by atoms with Crippen LogP contribution in [0.3, 0.4) is 0 Å². The first-order chi connectivity index (χ1) is 13.0. The van der Waals surface area contributed by atoms with Crippen LogP contribution in [-0.4, -0.2) is 74.7 Å². The van der Waals surface area contributed by atoms with Crippen molar-refractivity contribution in [3.05, 3.63) is 18.2 Å². The maximum absolute atomic E-state index is 13.0. The lowest BCUT2D eigenvalue weighted by Crippen LogP contribution is -2.46. The van der Waals surface area contributed by atoms with Crippen molar-refractivity contribution in [2.75, 3.05) is 50.8 Å². The van der Waals surface area contributed by atoms with Crippen molar-refractivity contribution in [1.29, 1.82) is 0 Å². The lowest BCUT2D eigenvalue weighted by molar-refractivity contribution is -0.137. The van der Waals surface area contributed by atoms with Crippen LogP contribution in [0.15, 0.2) is 18.2 Å². The van der Waals surface area contributed by atoms with Gasteiger partial charge < -0.3 is 24.6 Å². The van der Waals surface area contributed by atoms with E-state index in [-0.39, 0.29) is 17.9 Å². The zero-order valence-corrected chi connectivity index (χ0v) is 16.9. The number of carbonyl (C=O) groups is 2. The molecule has 2 aliphatic heterocycles. The normalized spacial score (nSPS) is 22.6. The van der Waals surface area contributed by atoms with Gasteiger partial charge in [-0.1, -0.05) is 0 Å². The Labute approximate surface area is 164 Å². The van der Waals surface area contributed by atoms with Crippen LogP contribution in [0.2, 0.25) is 0 Å². The van der Waals surface area contributed by atoms with E-state index in [1.54, 1.807) is 37.1 Å². The van der Waals surface area contributed by atoms with Gasteiger partial charge in [-0.25, -0.2) is 0 Å². The van der Waals surface area contributed by atoms with Crippen molar-refractivity contribution < 1.29 is 19.1 Å². The number of amides is 2. The van der Waals surface area contributed by atoms with Gasteiger partial charge in [0.25, 0.3) is 0 Å². The number of hydrogen-bond acceptors (Lipinski definition) is 6. The van der Waals surface area contributed by atoms with Crippen molar-refractivity contribution in [2.24, 2.45) is 0 Å². The SMILES string of the molecule is COc1cc(OC)cc(N2CCC(N(C)C(=O)CC3CSCCN3)C2=O)c1. The molecular formula is C19H27N3O4S. The summed E-state index contributed by atoms with van der Waals surface area (Å²) in [5.41, 5.74) is 0.727. The minimum absolute atomic E-state index is 0.0124. The molecule has 0 bridgehead atoms. The van der Waals surface area contributed by atoms with Gasteiger partial charge in [-0.15, -0.1) is 0 Å². The first-order valence-corrected chi connectivity index (χ1v) is 10.3. The molecule has 2 atom stereocenters. The Balaban J connectivity index is 1.67. The van der Waals surface area contributed by atoms with Gasteiger partial charge in [0.15, 0.2) is 0 Å². The highest BCUT2D eigenvalue weighted by molar-refractivity contribution is 7.99. The van der Waals surface area contributed by atoms with Crippen LogP contribution in [0.4, 0.5) is 5.69 Å². The number of rotatable bonds is 6. The summed E-state index contributed by atoms with van der Waals surface area (Å²) in [5.74, 6) is 3.23. The van der Waals surface area contributed by atoms with Crippen LogP contribution in [-0.2, 0) is 9.59 Å². The Hall–Kier alpha value is -1.93. The molecule has 2 amide bonds. The Kier molecular flexibility index (Phi) is 6.49. The average molecular weight is 394 g/mol. The van der Waals surface area contributed by atoms with Crippen molar-refractivity contribution in [3.8, 4) is 11.5 Å². The molecule has 27 heavy (non-hydrogen) atoms. The van der Waals surface area contributed by atoms with E-state index in [1.165, 1.54) is 0 Å². The molecule has 0 radical (unpaired) electrons. The summed E-state index contributed by atoms with van der Waals surface area (Å²) in [6.45, 7) is 1.50. The third kappa shape index (κ3) is 4.50. The predicted octanol–water partition coefficient (Wildman–Crippen LogP) is 1.36. The van der Waals surface area contributed by atoms with Crippen LogP contribution in [0.1, 0.15) is 12.8 Å². The summed E-state index contributed by atoms with van der Waals surface area (Å²) in [4.78, 5) is 28.9. The fourth-order valence-corrected chi connectivity index (χ4v) is 4.46. The molecule has 2 fully saturated rings. The molecule has 1 aromatic rings. The molecule has 148 valence electrons. The molecule has 2 heterocycles. The molecule has 0 aromatic heterocycles. The number of hydrogen-bond donors (Lipinski definition) is 1. The van der Waals surface area contributed by atoms with E-state index in [9.17, 15) is 9.59 Å². The Morgan fingerprint density at radius 2 is 2.00 bits per heavy atom. The first-order valence-electron chi connectivity index (χ1n) is 9.14. The van der Waals surface area contributed by atoms with Crippen LogP contribution in [0.5, 0.6) is 11.5 Å². The van der Waals surface area contributed by atoms with Gasteiger partial charge in [-0.3, -0.25) is 9.59 Å². The molecule has 2 aliphatic rings. The van der Waals surface area contributed by atoms with E-state index < -0.39 is 6.04 Å². The number of carbonyl (C=O) groups excluding carboxylic acids is 2. The molecule has 1 N–H and O–H groups in total. The Morgan fingerprint density at radius 3 is 2.59 bits per heavy atom. The largest absolute Gasteiger partial charge is 0.497 e. The smallest absolute Gasteiger partial charge is 0.249 e. The van der Waals surface area contributed by atoms with Crippen LogP contribution in [0.25, 0.3) is 0 Å². The summed E-state index contributed by atoms with van der Waals surface area (Å²) >= 11 is 1.86. The fourth-order valence-electron chi connectivity index (χ4n) is 3.51. The molecule has 8 heteroatoms. The summed E-state index contributed by atoms with van der Waals surface area (Å²) in [6.07, 6.45) is 1.05. The molecule has 3 rings (SSSR count). The number of thioether (sulfide) groups is 1. The highest BCUT2D eigenvalue weighted by Crippen LogP contribution is 2.32. The van der Waals surface area contributed by atoms with Crippen molar-refractivity contribution in [2.45, 2.75) is 24.9 Å². The van der Waals surface area contributed by atoms with Crippen molar-refractivity contribution >= 4 is 29.3 Å². The van der Waals surface area contributed by atoms with Gasteiger partial charge >= 0.3 is 0 Å². The Bertz CT molecular complexity index is 671. The van der Waals surface area contributed by atoms with Crippen LogP contribution < -0.4 is 19.7 Å². The maximum atomic E-state index is 13.0.